The van der Waals surface area contributed by atoms with Crippen molar-refractivity contribution >= 4 is 0 Å². The molecule has 2 N–H and O–H groups in total. The van der Waals surface area contributed by atoms with Crippen LogP contribution in [-0.4, -0.2) is 15.1 Å². The summed E-state index contributed by atoms with van der Waals surface area (Å²) >= 11 is 0. The molecule has 0 radical (unpaired) electrons. The second-order valence-electron chi connectivity index (χ2n) is 6.50. The molecule has 1 heterocycles. The summed E-state index contributed by atoms with van der Waals surface area (Å²) in [5, 5.41) is 0. The molecule has 1 saturated carbocycles. The smallest absolute Gasteiger partial charge is 0.108 e. The maximum absolute atomic E-state index is 6.63. The molecular formula is C18H25N3. The van der Waals surface area contributed by atoms with Gasteiger partial charge in [-0.2, -0.15) is 0 Å². The van der Waals surface area contributed by atoms with E-state index >= 15 is 0 Å². The highest BCUT2D eigenvalue weighted by molar-refractivity contribution is 5.20. The van der Waals surface area contributed by atoms with Gasteiger partial charge in [0.1, 0.15) is 5.82 Å². The van der Waals surface area contributed by atoms with Crippen molar-refractivity contribution in [1.29, 1.82) is 0 Å². The molecule has 1 aromatic carbocycles. The number of nitrogens with zero attached hydrogens (tertiary/aromatic N) is 2. The molecule has 3 rings (SSSR count). The zero-order valence-corrected chi connectivity index (χ0v) is 12.8. The Labute approximate surface area is 127 Å². The molecular weight excluding hydrogens is 258 g/mol. The van der Waals surface area contributed by atoms with Gasteiger partial charge in [-0.3, -0.25) is 0 Å². The van der Waals surface area contributed by atoms with Crippen molar-refractivity contribution < 1.29 is 0 Å². The number of benzene rings is 1. The molecule has 112 valence electrons. The fraction of sp³-hybridized carbons (Fsp3) is 0.500. The number of hydrogen-bond donors (Lipinski definition) is 1. The summed E-state index contributed by atoms with van der Waals surface area (Å²) in [7, 11) is 2.05. The van der Waals surface area contributed by atoms with Crippen molar-refractivity contribution in [1.82, 2.24) is 9.55 Å². The van der Waals surface area contributed by atoms with Crippen LogP contribution < -0.4 is 5.73 Å². The van der Waals surface area contributed by atoms with Gasteiger partial charge in [0.25, 0.3) is 0 Å². The first-order valence-electron chi connectivity index (χ1n) is 7.96. The minimum Gasteiger partial charge on any atom is -0.338 e. The van der Waals surface area contributed by atoms with Gasteiger partial charge in [0.15, 0.2) is 0 Å². The lowest BCUT2D eigenvalue weighted by atomic mass is 9.73. The number of aromatic nitrogens is 2. The first kappa shape index (κ1) is 14.3. The normalized spacial score (nSPS) is 25.9. The van der Waals surface area contributed by atoms with Crippen LogP contribution in [0, 0.1) is 0 Å². The van der Waals surface area contributed by atoms with Gasteiger partial charge in [-0.05, 0) is 43.6 Å². The monoisotopic (exact) mass is 283 g/mol. The van der Waals surface area contributed by atoms with Gasteiger partial charge < -0.3 is 10.3 Å². The minimum atomic E-state index is -0.00275. The summed E-state index contributed by atoms with van der Waals surface area (Å²) in [6.07, 6.45) is 10.6. The molecule has 1 aromatic heterocycles. The van der Waals surface area contributed by atoms with Crippen LogP contribution in [0.4, 0.5) is 0 Å². The molecule has 2 aromatic rings. The van der Waals surface area contributed by atoms with Crippen LogP contribution in [0.3, 0.4) is 0 Å². The van der Waals surface area contributed by atoms with Crippen molar-refractivity contribution in [2.75, 3.05) is 0 Å². The Morgan fingerprint density at radius 3 is 2.57 bits per heavy atom. The van der Waals surface area contributed by atoms with Gasteiger partial charge in [-0.1, -0.05) is 30.3 Å². The summed E-state index contributed by atoms with van der Waals surface area (Å²) in [5.74, 6) is 1.83. The van der Waals surface area contributed by atoms with Crippen LogP contribution in [0.25, 0.3) is 0 Å². The Morgan fingerprint density at radius 1 is 1.24 bits per heavy atom. The molecule has 21 heavy (non-hydrogen) atoms. The van der Waals surface area contributed by atoms with Crippen molar-refractivity contribution in [2.24, 2.45) is 12.8 Å². The zero-order valence-electron chi connectivity index (χ0n) is 12.8. The Bertz CT molecular complexity index is 565. The lowest BCUT2D eigenvalue weighted by molar-refractivity contribution is 0.255. The summed E-state index contributed by atoms with van der Waals surface area (Å²) in [4.78, 5) is 4.40. The maximum atomic E-state index is 6.63. The van der Waals surface area contributed by atoms with Crippen molar-refractivity contribution in [3.8, 4) is 0 Å². The lowest BCUT2D eigenvalue weighted by Crippen LogP contribution is -2.43. The fourth-order valence-corrected chi connectivity index (χ4v) is 3.50. The van der Waals surface area contributed by atoms with Crippen LogP contribution in [0.1, 0.15) is 49.4 Å². The average Bonchev–Trinajstić information content (AvgIpc) is 2.92. The molecule has 1 aliphatic carbocycles. The third-order valence-corrected chi connectivity index (χ3v) is 5.02. The van der Waals surface area contributed by atoms with Gasteiger partial charge in [0.2, 0.25) is 0 Å². The van der Waals surface area contributed by atoms with Crippen LogP contribution >= 0.6 is 0 Å². The van der Waals surface area contributed by atoms with Crippen molar-refractivity contribution in [3.05, 3.63) is 54.1 Å². The predicted molar refractivity (Wildman–Crippen MR) is 86.1 cm³/mol. The number of nitrogens with two attached hydrogens (primary N) is 1. The third kappa shape index (κ3) is 3.35. The second kappa shape index (κ2) is 6.02. The third-order valence-electron chi connectivity index (χ3n) is 5.02. The summed E-state index contributed by atoms with van der Waals surface area (Å²) in [5.41, 5.74) is 8.10. The highest BCUT2D eigenvalue weighted by Gasteiger charge is 2.32. The first-order valence-corrected chi connectivity index (χ1v) is 7.96. The molecule has 0 saturated heterocycles. The molecule has 0 aliphatic heterocycles. The van der Waals surface area contributed by atoms with E-state index in [-0.39, 0.29) is 5.54 Å². The van der Waals surface area contributed by atoms with E-state index in [2.05, 4.69) is 46.9 Å². The molecule has 0 atom stereocenters. The van der Waals surface area contributed by atoms with Crippen LogP contribution in [0.2, 0.25) is 0 Å². The van der Waals surface area contributed by atoms with Crippen molar-refractivity contribution in [2.45, 2.75) is 50.0 Å². The van der Waals surface area contributed by atoms with Crippen LogP contribution in [0.5, 0.6) is 0 Å². The number of hydrogen-bond acceptors (Lipinski definition) is 2. The molecule has 0 amide bonds. The van der Waals surface area contributed by atoms with E-state index in [1.807, 2.05) is 12.4 Å². The van der Waals surface area contributed by atoms with Gasteiger partial charge in [-0.25, -0.2) is 4.98 Å². The first-order chi connectivity index (χ1) is 10.2. The number of imidazole rings is 1. The quantitative estimate of drug-likeness (QED) is 0.934. The molecule has 3 heteroatoms. The molecule has 1 aliphatic rings. The Balaban J connectivity index is 1.56. The Kier molecular flexibility index (Phi) is 4.11. The maximum Gasteiger partial charge on any atom is 0.108 e. The van der Waals surface area contributed by atoms with Crippen LogP contribution in [0.15, 0.2) is 42.7 Å². The molecule has 0 bridgehead atoms. The minimum absolute atomic E-state index is 0.00275. The van der Waals surface area contributed by atoms with E-state index in [1.54, 1.807) is 0 Å². The molecule has 0 spiro atoms. The van der Waals surface area contributed by atoms with E-state index in [0.717, 1.165) is 31.5 Å². The fourth-order valence-electron chi connectivity index (χ4n) is 3.50. The summed E-state index contributed by atoms with van der Waals surface area (Å²) in [6, 6.07) is 10.9. The number of rotatable bonds is 4. The van der Waals surface area contributed by atoms with Gasteiger partial charge in [0, 0.05) is 31.4 Å². The molecule has 1 fully saturated rings. The van der Waals surface area contributed by atoms with Crippen LogP contribution in [-0.2, 0) is 13.5 Å². The van der Waals surface area contributed by atoms with E-state index in [4.69, 9.17) is 5.73 Å². The Hall–Kier alpha value is -1.61. The summed E-state index contributed by atoms with van der Waals surface area (Å²) in [6.45, 7) is 0. The zero-order chi connectivity index (χ0) is 14.7. The van der Waals surface area contributed by atoms with E-state index in [1.165, 1.54) is 18.4 Å². The largest absolute Gasteiger partial charge is 0.338 e. The van der Waals surface area contributed by atoms with E-state index in [0.29, 0.717) is 5.92 Å². The SMILES string of the molecule is Cn1ccnc1CCC1(N)CCC(c2ccccc2)CC1. The second-order valence-corrected chi connectivity index (χ2v) is 6.50. The molecule has 3 nitrogen and oxygen atoms in total. The van der Waals surface area contributed by atoms with Crippen molar-refractivity contribution in [3.63, 3.8) is 0 Å². The van der Waals surface area contributed by atoms with Gasteiger partial charge >= 0.3 is 0 Å². The number of aryl methyl sites for hydroxylation is 2. The standard InChI is InChI=1S/C18H25N3/c1-21-14-13-20-17(21)9-12-18(19)10-7-16(8-11-18)15-5-3-2-4-6-15/h2-6,13-14,16H,7-12,19H2,1H3. The predicted octanol–water partition coefficient (Wildman–Crippen LogP) is 3.41. The van der Waals surface area contributed by atoms with Gasteiger partial charge in [-0.15, -0.1) is 0 Å². The molecule has 0 unspecified atom stereocenters. The Morgan fingerprint density at radius 2 is 1.95 bits per heavy atom. The highest BCUT2D eigenvalue weighted by Crippen LogP contribution is 2.38. The lowest BCUT2D eigenvalue weighted by Gasteiger charge is -2.37. The summed E-state index contributed by atoms with van der Waals surface area (Å²) < 4.78 is 2.10. The van der Waals surface area contributed by atoms with Gasteiger partial charge in [0.05, 0.1) is 0 Å². The topological polar surface area (TPSA) is 43.8 Å². The van der Waals surface area contributed by atoms with E-state index in [9.17, 15) is 0 Å². The average molecular weight is 283 g/mol. The van der Waals surface area contributed by atoms with E-state index < -0.39 is 0 Å². The highest BCUT2D eigenvalue weighted by atomic mass is 15.0.